The van der Waals surface area contributed by atoms with Crippen molar-refractivity contribution in [3.05, 3.63) is 24.3 Å². The largest absolute Gasteiger partial charge is 0.756 e. The monoisotopic (exact) mass is 758 g/mol. The van der Waals surface area contributed by atoms with Crippen molar-refractivity contribution in [3.63, 3.8) is 0 Å². The van der Waals surface area contributed by atoms with Gasteiger partial charge in [-0.1, -0.05) is 128 Å². The van der Waals surface area contributed by atoms with Crippen LogP contribution in [0.25, 0.3) is 0 Å². The van der Waals surface area contributed by atoms with Crippen molar-refractivity contribution in [1.29, 1.82) is 0 Å². The Kier molecular flexibility index (Phi) is 34.6. The highest BCUT2D eigenvalue weighted by Gasteiger charge is 2.22. The predicted octanol–water partition coefficient (Wildman–Crippen LogP) is 7.60. The van der Waals surface area contributed by atoms with Crippen molar-refractivity contribution in [2.24, 2.45) is 0 Å². The zero-order valence-corrected chi connectivity index (χ0v) is 33.6. The number of carbonyl (C=O) groups is 3. The molecule has 12 heteroatoms. The predicted molar refractivity (Wildman–Crippen MR) is 202 cm³/mol. The van der Waals surface area contributed by atoms with Crippen molar-refractivity contribution in [1.82, 2.24) is 0 Å². The van der Waals surface area contributed by atoms with E-state index in [1.54, 1.807) is 0 Å². The van der Waals surface area contributed by atoms with Crippen LogP contribution in [0.1, 0.15) is 181 Å². The van der Waals surface area contributed by atoms with Gasteiger partial charge in [0, 0.05) is 12.8 Å². The second-order valence-corrected chi connectivity index (χ2v) is 15.2. The van der Waals surface area contributed by atoms with E-state index in [1.807, 2.05) is 0 Å². The van der Waals surface area contributed by atoms with Crippen LogP contribution in [0.5, 0.6) is 0 Å². The number of hydrogen-bond donors (Lipinski definition) is 1. The highest BCUT2D eigenvalue weighted by Crippen LogP contribution is 2.38. The molecule has 0 radical (unpaired) electrons. The lowest BCUT2D eigenvalue weighted by Gasteiger charge is -2.26. The highest BCUT2D eigenvalue weighted by atomic mass is 31.2. The fourth-order valence-corrected chi connectivity index (χ4v) is 6.19. The molecule has 0 saturated carbocycles. The molecule has 304 valence electrons. The Balaban J connectivity index is 4.41. The van der Waals surface area contributed by atoms with Crippen molar-refractivity contribution < 1.29 is 53.2 Å². The summed E-state index contributed by atoms with van der Waals surface area (Å²) in [7, 11) is -4.95. The molecule has 0 aliphatic rings. The van der Waals surface area contributed by atoms with Gasteiger partial charge in [-0.05, 0) is 64.2 Å². The smallest absolute Gasteiger partial charge is 0.306 e. The molecule has 0 bridgehead atoms. The number of phosphoric ester groups is 1. The molecule has 11 nitrogen and oxygen atoms in total. The lowest BCUT2D eigenvalue weighted by molar-refractivity contribution is -0.441. The normalized spacial score (nSPS) is 14.1. The van der Waals surface area contributed by atoms with Gasteiger partial charge in [0.25, 0.3) is 7.82 Å². The summed E-state index contributed by atoms with van der Waals surface area (Å²) in [6.07, 6.45) is 35.1. The summed E-state index contributed by atoms with van der Waals surface area (Å²) in [6, 6.07) is -1.42. The molecule has 0 amide bonds. The molecule has 0 spiro atoms. The number of rotatable bonds is 38. The second-order valence-electron chi connectivity index (χ2n) is 13.8. The van der Waals surface area contributed by atoms with E-state index in [1.165, 1.54) is 77.0 Å². The third-order valence-electron chi connectivity index (χ3n) is 8.70. The Bertz CT molecular complexity index is 989. The summed E-state index contributed by atoms with van der Waals surface area (Å²) >= 11 is 0. The van der Waals surface area contributed by atoms with Crippen LogP contribution < -0.4 is 15.7 Å². The summed E-state index contributed by atoms with van der Waals surface area (Å²) in [6.45, 7) is 2.65. The van der Waals surface area contributed by atoms with Crippen LogP contribution in [0.15, 0.2) is 24.3 Å². The maximum Gasteiger partial charge on any atom is 0.306 e. The molecule has 3 atom stereocenters. The molecule has 0 aliphatic heterocycles. The van der Waals surface area contributed by atoms with Gasteiger partial charge < -0.3 is 39.0 Å². The number of esters is 2. The summed E-state index contributed by atoms with van der Waals surface area (Å²) in [4.78, 5) is 47.9. The van der Waals surface area contributed by atoms with Gasteiger partial charge >= 0.3 is 11.9 Å². The van der Waals surface area contributed by atoms with E-state index >= 15 is 0 Å². The third kappa shape index (κ3) is 35.0. The number of carbonyl (C=O) groups excluding carboxylic acids is 3. The molecule has 0 fully saturated rings. The van der Waals surface area contributed by atoms with Gasteiger partial charge in [0.2, 0.25) is 0 Å². The van der Waals surface area contributed by atoms with E-state index in [2.05, 4.69) is 48.4 Å². The van der Waals surface area contributed by atoms with Gasteiger partial charge in [-0.2, -0.15) is 0 Å². The zero-order chi connectivity index (χ0) is 38.5. The van der Waals surface area contributed by atoms with Crippen molar-refractivity contribution in [2.75, 3.05) is 19.8 Å². The quantitative estimate of drug-likeness (QED) is 0.0285. The molecule has 1 unspecified atom stereocenters. The van der Waals surface area contributed by atoms with Crippen LogP contribution in [-0.2, 0) is 37.5 Å². The molecule has 0 heterocycles. The Morgan fingerprint density at radius 3 is 1.40 bits per heavy atom. The first kappa shape index (κ1) is 50.0. The van der Waals surface area contributed by atoms with Gasteiger partial charge in [0.1, 0.15) is 25.2 Å². The maximum atomic E-state index is 12.6. The number of hydrogen-bond acceptors (Lipinski definition) is 10. The van der Waals surface area contributed by atoms with Crippen molar-refractivity contribution in [2.45, 2.75) is 193 Å². The second kappa shape index (κ2) is 36.0. The minimum absolute atomic E-state index is 0.137. The molecular weight excluding hydrogens is 685 g/mol. The molecule has 0 aromatic carbocycles. The molecule has 0 aromatic heterocycles. The van der Waals surface area contributed by atoms with Gasteiger partial charge in [-0.3, -0.25) is 14.2 Å². The average Bonchev–Trinajstić information content (AvgIpc) is 3.12. The standard InChI is InChI=1S/C40H74NO10P/c1-3-5-7-9-11-13-15-17-18-20-21-23-25-27-29-31-38(42)48-33-36(34-49-52(46,47)50-35-37(41)40(44)45)51-39(43)32-30-28-26-24-22-19-16-14-12-10-8-6-4-2/h13-16,36-37H,3-12,17-35,41H2,1-2H3,(H,44,45)(H,46,47)/p-1/b15-13-,16-14-/t36-,37+/m1/s1. The molecule has 0 rings (SSSR count). The number of phosphoric acid groups is 1. The molecule has 0 saturated heterocycles. The van der Waals surface area contributed by atoms with Gasteiger partial charge in [0.05, 0.1) is 6.61 Å². The number of carboxylic acids is 1. The third-order valence-corrected chi connectivity index (χ3v) is 9.63. The van der Waals surface area contributed by atoms with E-state index in [0.29, 0.717) is 12.8 Å². The highest BCUT2D eigenvalue weighted by molar-refractivity contribution is 7.45. The number of allylic oxidation sites excluding steroid dienone is 4. The van der Waals surface area contributed by atoms with Gasteiger partial charge in [0.15, 0.2) is 6.10 Å². The number of ether oxygens (including phenoxy) is 2. The zero-order valence-electron chi connectivity index (χ0n) is 32.7. The number of quaternary nitrogens is 1. The first-order chi connectivity index (χ1) is 25.1. The fourth-order valence-electron chi connectivity index (χ4n) is 5.41. The fraction of sp³-hybridized carbons (Fsp3) is 0.825. The van der Waals surface area contributed by atoms with Gasteiger partial charge in [-0.15, -0.1) is 0 Å². The lowest BCUT2D eigenvalue weighted by atomic mass is 10.1. The van der Waals surface area contributed by atoms with E-state index < -0.39 is 51.1 Å². The van der Waals surface area contributed by atoms with Crippen molar-refractivity contribution in [3.8, 4) is 0 Å². The van der Waals surface area contributed by atoms with E-state index in [9.17, 15) is 28.9 Å². The molecule has 3 N–H and O–H groups in total. The van der Waals surface area contributed by atoms with E-state index in [0.717, 1.165) is 64.2 Å². The van der Waals surface area contributed by atoms with Crippen molar-refractivity contribution >= 4 is 25.7 Å². The van der Waals surface area contributed by atoms with Crippen LogP contribution in [0.2, 0.25) is 0 Å². The minimum atomic E-state index is -4.95. The Hall–Kier alpha value is -2.04. The number of unbranched alkanes of at least 4 members (excludes halogenated alkanes) is 20. The average molecular weight is 759 g/mol. The first-order valence-corrected chi connectivity index (χ1v) is 21.9. The molecule has 52 heavy (non-hydrogen) atoms. The van der Waals surface area contributed by atoms with Crippen LogP contribution in [0, 0.1) is 0 Å². The topological polar surface area (TPSA) is 179 Å². The van der Waals surface area contributed by atoms with Crippen LogP contribution >= 0.6 is 7.82 Å². The Labute approximate surface area is 315 Å². The molecular formula is C40H73NO10P-. The summed E-state index contributed by atoms with van der Waals surface area (Å²) in [5.74, 6) is -2.59. The van der Waals surface area contributed by atoms with Crippen LogP contribution in [0.3, 0.4) is 0 Å². The first-order valence-electron chi connectivity index (χ1n) is 20.4. The van der Waals surface area contributed by atoms with E-state index in [-0.39, 0.29) is 19.4 Å². The lowest BCUT2D eigenvalue weighted by Crippen LogP contribution is -2.70. The van der Waals surface area contributed by atoms with Crippen LogP contribution in [-0.4, -0.2) is 49.9 Å². The number of aliphatic carboxylic acids is 1. The Morgan fingerprint density at radius 2 is 0.962 bits per heavy atom. The Morgan fingerprint density at radius 1 is 0.577 bits per heavy atom. The SMILES string of the molecule is CCCCCC/C=C\CCCCCCCCCC(=O)OC[C@H](COP(=O)([O-])OC[C@H]([NH3+])C(=O)[O-])OC(=O)CCCCCCC/C=C\CCCCCC. The molecule has 0 aromatic rings. The maximum absolute atomic E-state index is 12.6. The minimum Gasteiger partial charge on any atom is -0.756 e. The van der Waals surface area contributed by atoms with Crippen LogP contribution in [0.4, 0.5) is 0 Å². The number of carboxylic acid groups (broad SMARTS) is 1. The summed E-state index contributed by atoms with van der Waals surface area (Å²) in [5.41, 5.74) is 3.23. The summed E-state index contributed by atoms with van der Waals surface area (Å²) in [5, 5.41) is 10.8. The van der Waals surface area contributed by atoms with E-state index in [4.69, 9.17) is 14.0 Å². The molecule has 0 aliphatic carbocycles. The summed E-state index contributed by atoms with van der Waals surface area (Å²) < 4.78 is 32.3. The van der Waals surface area contributed by atoms with Gasteiger partial charge in [-0.25, -0.2) is 0 Å².